The summed E-state index contributed by atoms with van der Waals surface area (Å²) in [5.41, 5.74) is 3.75. The van der Waals surface area contributed by atoms with Gasteiger partial charge in [-0.05, 0) is 68.4 Å². The minimum absolute atomic E-state index is 0.0564. The first kappa shape index (κ1) is 21.5. The molecule has 1 N–H and O–H groups in total. The highest BCUT2D eigenvalue weighted by Crippen LogP contribution is 2.25. The second kappa shape index (κ2) is 10.0. The molecule has 0 saturated carbocycles. The van der Waals surface area contributed by atoms with Gasteiger partial charge >= 0.3 is 5.97 Å². The summed E-state index contributed by atoms with van der Waals surface area (Å²) in [6, 6.07) is 4.04. The first-order chi connectivity index (χ1) is 14.4. The predicted octanol–water partition coefficient (Wildman–Crippen LogP) is 6.20. The third-order valence-corrected chi connectivity index (χ3v) is 4.99. The molecule has 1 aliphatic heterocycles. The fourth-order valence-corrected chi connectivity index (χ4v) is 3.19. The van der Waals surface area contributed by atoms with Crippen LogP contribution in [0.25, 0.3) is 0 Å². The van der Waals surface area contributed by atoms with E-state index in [1.807, 2.05) is 19.3 Å². The lowest BCUT2D eigenvalue weighted by molar-refractivity contribution is -0.133. The Labute approximate surface area is 177 Å². The molecule has 3 heterocycles. The van der Waals surface area contributed by atoms with E-state index < -0.39 is 5.97 Å². The molecule has 5 heteroatoms. The van der Waals surface area contributed by atoms with Gasteiger partial charge in [0.05, 0.1) is 24.4 Å². The highest BCUT2D eigenvalue weighted by molar-refractivity contribution is 5.93. The number of aryl methyl sites for hydroxylation is 1. The van der Waals surface area contributed by atoms with Crippen molar-refractivity contribution < 1.29 is 23.5 Å². The second-order valence-electron chi connectivity index (χ2n) is 7.73. The molecule has 30 heavy (non-hydrogen) atoms. The largest absolute Gasteiger partial charge is 0.504 e. The Kier molecular flexibility index (Phi) is 7.17. The van der Waals surface area contributed by atoms with Gasteiger partial charge in [0.2, 0.25) is 0 Å². The van der Waals surface area contributed by atoms with Gasteiger partial charge in [0.1, 0.15) is 5.76 Å². The predicted molar refractivity (Wildman–Crippen MR) is 115 cm³/mol. The summed E-state index contributed by atoms with van der Waals surface area (Å²) in [4.78, 5) is 11.4. The zero-order valence-electron chi connectivity index (χ0n) is 17.7. The maximum atomic E-state index is 11.4. The maximum absolute atomic E-state index is 11.4. The van der Waals surface area contributed by atoms with Gasteiger partial charge in [-0.1, -0.05) is 30.7 Å². The molecule has 0 aromatic carbocycles. The van der Waals surface area contributed by atoms with E-state index in [4.69, 9.17) is 13.6 Å². The summed E-state index contributed by atoms with van der Waals surface area (Å²) >= 11 is 0. The summed E-state index contributed by atoms with van der Waals surface area (Å²) in [5.74, 6) is 0.812. The van der Waals surface area contributed by atoms with Crippen molar-refractivity contribution >= 4 is 5.97 Å². The molecule has 3 rings (SSSR count). The van der Waals surface area contributed by atoms with Crippen molar-refractivity contribution in [3.63, 3.8) is 0 Å². The van der Waals surface area contributed by atoms with Gasteiger partial charge in [0, 0.05) is 6.42 Å². The highest BCUT2D eigenvalue weighted by Gasteiger charge is 2.26. The van der Waals surface area contributed by atoms with Crippen molar-refractivity contribution in [1.29, 1.82) is 0 Å². The zero-order valence-corrected chi connectivity index (χ0v) is 17.7. The van der Waals surface area contributed by atoms with Crippen LogP contribution in [0.1, 0.15) is 50.5 Å². The Morgan fingerprint density at radius 3 is 2.80 bits per heavy atom. The molecule has 0 aliphatic carbocycles. The molecule has 0 bridgehead atoms. The lowest BCUT2D eigenvalue weighted by atomic mass is 10.0. The number of cyclic esters (lactones) is 1. The summed E-state index contributed by atoms with van der Waals surface area (Å²) in [6.45, 7) is 5.66. The maximum Gasteiger partial charge on any atom is 0.343 e. The molecule has 1 aliphatic rings. The van der Waals surface area contributed by atoms with E-state index in [2.05, 4.69) is 31.2 Å². The smallest absolute Gasteiger partial charge is 0.343 e. The molecule has 158 valence electrons. The number of furan rings is 2. The average Bonchev–Trinajstić information content (AvgIpc) is 3.43. The van der Waals surface area contributed by atoms with Crippen LogP contribution in [0.15, 0.2) is 86.7 Å². The lowest BCUT2D eigenvalue weighted by Gasteiger charge is -2.04. The number of allylic oxidation sites excluding steroid dienone is 5. The number of carbonyl (C=O) groups is 1. The number of hydrogen-bond donors (Lipinski definition) is 1. The highest BCUT2D eigenvalue weighted by atomic mass is 16.6. The van der Waals surface area contributed by atoms with Crippen molar-refractivity contribution in [2.24, 2.45) is 5.92 Å². The van der Waals surface area contributed by atoms with E-state index >= 15 is 0 Å². The molecule has 0 radical (unpaired) electrons. The van der Waals surface area contributed by atoms with E-state index in [0.29, 0.717) is 0 Å². The summed E-state index contributed by atoms with van der Waals surface area (Å²) in [5, 5.41) is 9.87. The first-order valence-electron chi connectivity index (χ1n) is 10.2. The van der Waals surface area contributed by atoms with Gasteiger partial charge < -0.3 is 18.7 Å². The van der Waals surface area contributed by atoms with Crippen molar-refractivity contribution in [2.45, 2.75) is 46.5 Å². The molecule has 2 aromatic rings. The first-order valence-corrected chi connectivity index (χ1v) is 10.2. The quantitative estimate of drug-likeness (QED) is 0.395. The Bertz CT molecular complexity index is 983. The van der Waals surface area contributed by atoms with E-state index in [1.54, 1.807) is 25.5 Å². The van der Waals surface area contributed by atoms with E-state index in [9.17, 15) is 9.90 Å². The van der Waals surface area contributed by atoms with Gasteiger partial charge in [-0.2, -0.15) is 0 Å². The number of ether oxygens (including phenoxy) is 1. The van der Waals surface area contributed by atoms with Gasteiger partial charge in [-0.15, -0.1) is 0 Å². The van der Waals surface area contributed by atoms with Crippen LogP contribution in [-0.2, 0) is 22.4 Å². The molecule has 0 fully saturated rings. The second-order valence-corrected chi connectivity index (χ2v) is 7.73. The number of esters is 1. The normalized spacial score (nSPS) is 17.4. The van der Waals surface area contributed by atoms with Crippen LogP contribution in [0.2, 0.25) is 0 Å². The third-order valence-electron chi connectivity index (χ3n) is 4.99. The number of aliphatic hydroxyl groups is 1. The van der Waals surface area contributed by atoms with Crippen molar-refractivity contribution in [2.75, 3.05) is 0 Å². The summed E-state index contributed by atoms with van der Waals surface area (Å²) in [7, 11) is 0. The topological polar surface area (TPSA) is 72.8 Å². The van der Waals surface area contributed by atoms with Crippen molar-refractivity contribution in [1.82, 2.24) is 0 Å². The monoisotopic (exact) mass is 408 g/mol. The molecule has 0 spiro atoms. The Hall–Kier alpha value is -3.21. The standard InChI is InChI=1S/C25H28O5/c1-17(6-4-8-18(2)12-23-24(26)19(3)25(27)30-23)7-5-9-20-13-22(29-16-20)14-21-10-11-28-15-21/h4,6-7,10-13,15-16,18,26H,5,8-9,14H2,1-3H3. The van der Waals surface area contributed by atoms with E-state index in [0.717, 1.165) is 37.0 Å². The Balaban J connectivity index is 1.42. The van der Waals surface area contributed by atoms with Gasteiger partial charge in [0.15, 0.2) is 11.5 Å². The van der Waals surface area contributed by atoms with Gasteiger partial charge in [0.25, 0.3) is 0 Å². The van der Waals surface area contributed by atoms with Crippen LogP contribution in [0, 0.1) is 5.92 Å². The number of aliphatic hydroxyl groups excluding tert-OH is 1. The molecular weight excluding hydrogens is 380 g/mol. The summed E-state index contributed by atoms with van der Waals surface area (Å²) < 4.78 is 15.8. The Morgan fingerprint density at radius 2 is 2.10 bits per heavy atom. The van der Waals surface area contributed by atoms with Crippen LogP contribution in [0.4, 0.5) is 0 Å². The molecule has 1 unspecified atom stereocenters. The van der Waals surface area contributed by atoms with Crippen molar-refractivity contribution in [3.8, 4) is 0 Å². The van der Waals surface area contributed by atoms with Gasteiger partial charge in [-0.25, -0.2) is 4.79 Å². The SMILES string of the molecule is CC(C=CCC(C)C=C1OC(=O)C(C)=C1O)=CCCc1coc(Cc2ccoc2)c1. The van der Waals surface area contributed by atoms with Crippen LogP contribution in [-0.4, -0.2) is 11.1 Å². The Morgan fingerprint density at radius 1 is 1.27 bits per heavy atom. The van der Waals surface area contributed by atoms with Crippen LogP contribution in [0.5, 0.6) is 0 Å². The fraction of sp³-hybridized carbons (Fsp3) is 0.320. The molecule has 1 atom stereocenters. The van der Waals surface area contributed by atoms with Crippen molar-refractivity contribution in [3.05, 3.63) is 94.8 Å². The van der Waals surface area contributed by atoms with Crippen LogP contribution in [0.3, 0.4) is 0 Å². The molecule has 0 amide bonds. The van der Waals surface area contributed by atoms with E-state index in [-0.39, 0.29) is 23.0 Å². The number of carbonyl (C=O) groups excluding carboxylic acids is 1. The minimum atomic E-state index is -0.480. The third kappa shape index (κ3) is 5.89. The van der Waals surface area contributed by atoms with E-state index in [1.165, 1.54) is 11.1 Å². The van der Waals surface area contributed by atoms with Gasteiger partial charge in [-0.3, -0.25) is 0 Å². The molecule has 2 aromatic heterocycles. The average molecular weight is 408 g/mol. The molecular formula is C25H28O5. The fourth-order valence-electron chi connectivity index (χ4n) is 3.19. The minimum Gasteiger partial charge on any atom is -0.504 e. The summed E-state index contributed by atoms with van der Waals surface area (Å²) in [6.07, 6.45) is 16.8. The zero-order chi connectivity index (χ0) is 21.5. The lowest BCUT2D eigenvalue weighted by Crippen LogP contribution is -1.97. The molecule has 5 nitrogen and oxygen atoms in total. The number of hydrogen-bond acceptors (Lipinski definition) is 5. The van der Waals surface area contributed by atoms with Crippen LogP contribution >= 0.6 is 0 Å². The van der Waals surface area contributed by atoms with Crippen LogP contribution < -0.4 is 0 Å². The molecule has 0 saturated heterocycles. The number of rotatable bonds is 9.